The van der Waals surface area contributed by atoms with Crippen LogP contribution in [0.2, 0.25) is 0 Å². The zero-order valence-corrected chi connectivity index (χ0v) is 20.4. The minimum atomic E-state index is -0.0733. The highest BCUT2D eigenvalue weighted by Crippen LogP contribution is 2.25. The van der Waals surface area contributed by atoms with E-state index >= 15 is 0 Å². The highest BCUT2D eigenvalue weighted by atomic mass is 35.5. The first kappa shape index (κ1) is 25.1. The lowest BCUT2D eigenvalue weighted by atomic mass is 9.99. The SMILES string of the molecule is CC(=Cc1cnc2c(c1)CN(C)CC(=O)N2)C(=O)N(C)Cc1ccccc1-c1ccccc1.Cl. The molecule has 2 amide bonds. The third-order valence-corrected chi connectivity index (χ3v) is 5.68. The highest BCUT2D eigenvalue weighted by molar-refractivity contribution is 5.97. The van der Waals surface area contributed by atoms with Crippen LogP contribution in [-0.4, -0.2) is 47.2 Å². The van der Waals surface area contributed by atoms with Gasteiger partial charge in [0.05, 0.1) is 6.54 Å². The second-order valence-electron chi connectivity index (χ2n) is 8.51. The molecule has 2 heterocycles. The predicted octanol–water partition coefficient (Wildman–Crippen LogP) is 4.62. The van der Waals surface area contributed by atoms with Gasteiger partial charge < -0.3 is 10.2 Å². The van der Waals surface area contributed by atoms with Crippen molar-refractivity contribution in [1.82, 2.24) is 14.8 Å². The Morgan fingerprint density at radius 3 is 2.59 bits per heavy atom. The van der Waals surface area contributed by atoms with E-state index in [4.69, 9.17) is 0 Å². The number of benzene rings is 2. The Morgan fingerprint density at radius 2 is 1.82 bits per heavy atom. The summed E-state index contributed by atoms with van der Waals surface area (Å²) in [5.41, 5.74) is 5.75. The van der Waals surface area contributed by atoms with Crippen LogP contribution in [0.15, 0.2) is 72.4 Å². The maximum atomic E-state index is 13.1. The fraction of sp³-hybridized carbons (Fsp3) is 0.222. The molecular weight excluding hydrogens is 448 g/mol. The van der Waals surface area contributed by atoms with Crippen molar-refractivity contribution in [3.05, 3.63) is 89.1 Å². The van der Waals surface area contributed by atoms with E-state index < -0.39 is 0 Å². The number of aromatic nitrogens is 1. The molecule has 4 rings (SSSR count). The van der Waals surface area contributed by atoms with Crippen molar-refractivity contribution in [2.24, 2.45) is 0 Å². The van der Waals surface area contributed by atoms with Crippen LogP contribution in [0, 0.1) is 0 Å². The van der Waals surface area contributed by atoms with Gasteiger partial charge in [0.1, 0.15) is 5.82 Å². The lowest BCUT2D eigenvalue weighted by molar-refractivity contribution is -0.126. The van der Waals surface area contributed by atoms with E-state index in [1.807, 2.05) is 68.4 Å². The number of hydrogen-bond acceptors (Lipinski definition) is 4. The molecule has 2 aromatic carbocycles. The fourth-order valence-electron chi connectivity index (χ4n) is 4.10. The van der Waals surface area contributed by atoms with Crippen molar-refractivity contribution in [2.75, 3.05) is 26.0 Å². The molecule has 6 nitrogen and oxygen atoms in total. The summed E-state index contributed by atoms with van der Waals surface area (Å²) in [6.07, 6.45) is 3.54. The number of pyridine rings is 1. The maximum Gasteiger partial charge on any atom is 0.249 e. The maximum absolute atomic E-state index is 13.1. The average molecular weight is 477 g/mol. The van der Waals surface area contributed by atoms with Crippen molar-refractivity contribution in [3.63, 3.8) is 0 Å². The molecule has 1 aromatic heterocycles. The van der Waals surface area contributed by atoms with Gasteiger partial charge in [0.2, 0.25) is 11.8 Å². The van der Waals surface area contributed by atoms with Crippen molar-refractivity contribution < 1.29 is 9.59 Å². The number of fused-ring (bicyclic) bond motifs is 1. The number of nitrogens with zero attached hydrogens (tertiary/aromatic N) is 3. The standard InChI is InChI=1S/C27H28N4O2.ClH/c1-19(13-20-14-23-16-30(2)18-25(32)29-26(23)28-15-20)27(33)31(3)17-22-11-7-8-12-24(22)21-9-5-4-6-10-21;/h4-15H,16-18H2,1-3H3,(H,28,29,32);1H. The Morgan fingerprint density at radius 1 is 1.12 bits per heavy atom. The van der Waals surface area contributed by atoms with Crippen molar-refractivity contribution in [2.45, 2.75) is 20.0 Å². The molecule has 7 heteroatoms. The van der Waals surface area contributed by atoms with E-state index in [1.54, 1.807) is 11.1 Å². The number of nitrogens with one attached hydrogen (secondary N) is 1. The number of halogens is 1. The summed E-state index contributed by atoms with van der Waals surface area (Å²) >= 11 is 0. The van der Waals surface area contributed by atoms with Gasteiger partial charge in [-0.1, -0.05) is 54.6 Å². The molecule has 176 valence electrons. The molecule has 0 atom stereocenters. The Kier molecular flexibility index (Phi) is 8.21. The van der Waals surface area contributed by atoms with E-state index in [1.165, 1.54) is 0 Å². The topological polar surface area (TPSA) is 65.5 Å². The second kappa shape index (κ2) is 11.1. The first-order valence-corrected chi connectivity index (χ1v) is 10.9. The van der Waals surface area contributed by atoms with E-state index in [2.05, 4.69) is 34.6 Å². The molecule has 0 radical (unpaired) electrons. The zero-order chi connectivity index (χ0) is 23.4. The van der Waals surface area contributed by atoms with Crippen LogP contribution in [0.4, 0.5) is 5.82 Å². The molecule has 0 saturated carbocycles. The van der Waals surface area contributed by atoms with Crippen LogP contribution in [0.3, 0.4) is 0 Å². The van der Waals surface area contributed by atoms with E-state index in [0.29, 0.717) is 31.0 Å². The lowest BCUT2D eigenvalue weighted by Crippen LogP contribution is -2.27. The number of amides is 2. The van der Waals surface area contributed by atoms with Gasteiger partial charge in [0.25, 0.3) is 0 Å². The number of anilines is 1. The quantitative estimate of drug-likeness (QED) is 0.546. The van der Waals surface area contributed by atoms with Gasteiger partial charge in [0, 0.05) is 37.5 Å². The molecule has 3 aromatic rings. The van der Waals surface area contributed by atoms with Crippen LogP contribution in [0.1, 0.15) is 23.6 Å². The van der Waals surface area contributed by atoms with E-state index in [0.717, 1.165) is 27.8 Å². The van der Waals surface area contributed by atoms with Crippen LogP contribution in [0.5, 0.6) is 0 Å². The van der Waals surface area contributed by atoms with E-state index in [-0.39, 0.29) is 24.2 Å². The Hall–Kier alpha value is -3.48. The third kappa shape index (κ3) is 5.90. The summed E-state index contributed by atoms with van der Waals surface area (Å²) in [6, 6.07) is 20.3. The molecule has 0 bridgehead atoms. The Labute approximate surface area is 206 Å². The summed E-state index contributed by atoms with van der Waals surface area (Å²) in [5.74, 6) is 0.467. The molecule has 34 heavy (non-hydrogen) atoms. The summed E-state index contributed by atoms with van der Waals surface area (Å²) < 4.78 is 0. The smallest absolute Gasteiger partial charge is 0.249 e. The Balaban J connectivity index is 0.00000324. The lowest BCUT2D eigenvalue weighted by Gasteiger charge is -2.20. The third-order valence-electron chi connectivity index (χ3n) is 5.68. The average Bonchev–Trinajstić information content (AvgIpc) is 2.95. The molecule has 0 spiro atoms. The van der Waals surface area contributed by atoms with Crippen molar-refractivity contribution in [1.29, 1.82) is 0 Å². The number of carbonyl (C=O) groups excluding carboxylic acids is 2. The minimum Gasteiger partial charge on any atom is -0.338 e. The number of likely N-dealkylation sites (N-methyl/N-ethyl adjacent to an activating group) is 2. The number of carbonyl (C=O) groups is 2. The fourth-order valence-corrected chi connectivity index (χ4v) is 4.10. The van der Waals surface area contributed by atoms with Crippen molar-refractivity contribution in [3.8, 4) is 11.1 Å². The largest absolute Gasteiger partial charge is 0.338 e. The zero-order valence-electron chi connectivity index (χ0n) is 19.6. The summed E-state index contributed by atoms with van der Waals surface area (Å²) in [6.45, 7) is 3.27. The summed E-state index contributed by atoms with van der Waals surface area (Å²) in [7, 11) is 3.72. The van der Waals surface area contributed by atoms with Gasteiger partial charge in [-0.15, -0.1) is 12.4 Å². The van der Waals surface area contributed by atoms with Gasteiger partial charge in [-0.25, -0.2) is 4.98 Å². The van der Waals surface area contributed by atoms with Crippen LogP contribution >= 0.6 is 12.4 Å². The molecule has 0 aliphatic carbocycles. The highest BCUT2D eigenvalue weighted by Gasteiger charge is 2.18. The van der Waals surface area contributed by atoms with Crippen LogP contribution < -0.4 is 5.32 Å². The van der Waals surface area contributed by atoms with Crippen molar-refractivity contribution >= 4 is 36.1 Å². The van der Waals surface area contributed by atoms with E-state index in [9.17, 15) is 9.59 Å². The second-order valence-corrected chi connectivity index (χ2v) is 8.51. The normalized spacial score (nSPS) is 13.9. The number of hydrogen-bond donors (Lipinski definition) is 1. The molecule has 0 fully saturated rings. The molecule has 1 N–H and O–H groups in total. The minimum absolute atomic E-state index is 0. The number of rotatable bonds is 5. The molecule has 1 aliphatic heterocycles. The van der Waals surface area contributed by atoms with Gasteiger partial charge >= 0.3 is 0 Å². The predicted molar refractivity (Wildman–Crippen MR) is 138 cm³/mol. The summed E-state index contributed by atoms with van der Waals surface area (Å²) in [5, 5.41) is 2.83. The van der Waals surface area contributed by atoms with Gasteiger partial charge in [-0.3, -0.25) is 14.5 Å². The van der Waals surface area contributed by atoms with Crippen LogP contribution in [0.25, 0.3) is 17.2 Å². The first-order valence-electron chi connectivity index (χ1n) is 10.9. The molecular formula is C27H29ClN4O2. The molecule has 0 unspecified atom stereocenters. The first-order chi connectivity index (χ1) is 15.9. The Bertz CT molecular complexity index is 1210. The van der Waals surface area contributed by atoms with Gasteiger partial charge in [-0.05, 0) is 48.4 Å². The van der Waals surface area contributed by atoms with Gasteiger partial charge in [0.15, 0.2) is 0 Å². The van der Waals surface area contributed by atoms with Crippen LogP contribution in [-0.2, 0) is 22.7 Å². The molecule has 1 aliphatic rings. The molecule has 0 saturated heterocycles. The summed E-state index contributed by atoms with van der Waals surface area (Å²) in [4.78, 5) is 33.1. The van der Waals surface area contributed by atoms with Gasteiger partial charge in [-0.2, -0.15) is 0 Å². The monoisotopic (exact) mass is 476 g/mol.